The molecule has 1 atom stereocenters. The number of halogens is 2. The maximum atomic E-state index is 5.94. The van der Waals surface area contributed by atoms with E-state index in [4.69, 9.17) is 16.3 Å². The topological polar surface area (TPSA) is 35.0 Å². The maximum absolute atomic E-state index is 5.94. The van der Waals surface area contributed by atoms with E-state index in [1.807, 2.05) is 6.92 Å². The van der Waals surface area contributed by atoms with Crippen LogP contribution >= 0.6 is 34.2 Å². The summed E-state index contributed by atoms with van der Waals surface area (Å²) in [6.07, 6.45) is 3.66. The summed E-state index contributed by atoms with van der Waals surface area (Å²) in [6, 6.07) is 0. The number of aromatic nitrogens is 2. The van der Waals surface area contributed by atoms with E-state index in [9.17, 15) is 0 Å². The smallest absolute Gasteiger partial charge is 0.158 e. The fraction of sp³-hybridized carbons (Fsp3) is 0.600. The lowest BCUT2D eigenvalue weighted by Crippen LogP contribution is -2.09. The molecule has 84 valence electrons. The normalized spacial score (nSPS) is 12.8. The van der Waals surface area contributed by atoms with Gasteiger partial charge in [-0.15, -0.1) is 0 Å². The largest absolute Gasteiger partial charge is 0.371 e. The average Bonchev–Trinajstić information content (AvgIpc) is 2.22. The third-order valence-corrected chi connectivity index (χ3v) is 3.32. The fourth-order valence-corrected chi connectivity index (χ4v) is 1.66. The van der Waals surface area contributed by atoms with Crippen LogP contribution in [-0.4, -0.2) is 16.6 Å². The van der Waals surface area contributed by atoms with Gasteiger partial charge in [-0.05, 0) is 35.9 Å². The Morgan fingerprint density at radius 1 is 1.53 bits per heavy atom. The van der Waals surface area contributed by atoms with Crippen molar-refractivity contribution in [3.8, 4) is 0 Å². The SMILES string of the molecule is CCCC(OCC)c1ncc(I)c(Cl)n1. The van der Waals surface area contributed by atoms with Crippen molar-refractivity contribution in [2.45, 2.75) is 32.8 Å². The Labute approximate surface area is 109 Å². The zero-order chi connectivity index (χ0) is 11.3. The maximum Gasteiger partial charge on any atom is 0.158 e. The minimum absolute atomic E-state index is 0.0329. The van der Waals surface area contributed by atoms with Gasteiger partial charge >= 0.3 is 0 Å². The van der Waals surface area contributed by atoms with Gasteiger partial charge in [-0.25, -0.2) is 9.97 Å². The molecule has 1 aromatic rings. The van der Waals surface area contributed by atoms with Crippen LogP contribution in [0.15, 0.2) is 6.20 Å². The van der Waals surface area contributed by atoms with Crippen LogP contribution in [0.2, 0.25) is 5.15 Å². The van der Waals surface area contributed by atoms with Crippen molar-refractivity contribution in [2.24, 2.45) is 0 Å². The molecule has 1 unspecified atom stereocenters. The lowest BCUT2D eigenvalue weighted by molar-refractivity contribution is 0.0493. The summed E-state index contributed by atoms with van der Waals surface area (Å²) in [5.74, 6) is 0.684. The molecular formula is C10H14ClIN2O. The van der Waals surface area contributed by atoms with Crippen LogP contribution in [0, 0.1) is 3.57 Å². The van der Waals surface area contributed by atoms with Crippen molar-refractivity contribution in [3.05, 3.63) is 20.7 Å². The summed E-state index contributed by atoms with van der Waals surface area (Å²) < 4.78 is 6.44. The first-order valence-electron chi connectivity index (χ1n) is 4.98. The van der Waals surface area contributed by atoms with Gasteiger partial charge in [-0.1, -0.05) is 24.9 Å². The Kier molecular flexibility index (Phi) is 5.78. The molecule has 1 aromatic heterocycles. The van der Waals surface area contributed by atoms with E-state index in [1.54, 1.807) is 6.20 Å². The Morgan fingerprint density at radius 3 is 2.80 bits per heavy atom. The van der Waals surface area contributed by atoms with E-state index in [2.05, 4.69) is 39.5 Å². The molecule has 0 radical (unpaired) electrons. The van der Waals surface area contributed by atoms with Gasteiger partial charge in [-0.2, -0.15) is 0 Å². The summed E-state index contributed by atoms with van der Waals surface area (Å²) >= 11 is 8.05. The molecule has 15 heavy (non-hydrogen) atoms. The van der Waals surface area contributed by atoms with E-state index >= 15 is 0 Å². The van der Waals surface area contributed by atoms with Crippen LogP contribution in [0.4, 0.5) is 0 Å². The second-order valence-corrected chi connectivity index (χ2v) is 4.62. The van der Waals surface area contributed by atoms with Gasteiger partial charge in [0.1, 0.15) is 11.3 Å². The molecule has 0 bridgehead atoms. The molecule has 0 amide bonds. The third kappa shape index (κ3) is 3.85. The monoisotopic (exact) mass is 340 g/mol. The Hall–Kier alpha value is 0.0600. The Bertz CT molecular complexity index is 316. The standard InChI is InChI=1S/C10H14ClIN2O/c1-3-5-8(15-4-2)10-13-6-7(12)9(11)14-10/h6,8H,3-5H2,1-2H3. The lowest BCUT2D eigenvalue weighted by Gasteiger charge is -2.14. The van der Waals surface area contributed by atoms with Gasteiger partial charge in [-0.3, -0.25) is 0 Å². The van der Waals surface area contributed by atoms with Gasteiger partial charge in [0.15, 0.2) is 5.82 Å². The van der Waals surface area contributed by atoms with Crippen LogP contribution in [0.1, 0.15) is 38.6 Å². The molecule has 0 spiro atoms. The van der Waals surface area contributed by atoms with Crippen LogP contribution in [0.25, 0.3) is 0 Å². The van der Waals surface area contributed by atoms with Gasteiger partial charge in [0.2, 0.25) is 0 Å². The average molecular weight is 341 g/mol. The summed E-state index contributed by atoms with van der Waals surface area (Å²) in [6.45, 7) is 4.74. The second-order valence-electron chi connectivity index (χ2n) is 3.10. The van der Waals surface area contributed by atoms with Crippen molar-refractivity contribution in [1.82, 2.24) is 9.97 Å². The predicted octanol–water partition coefficient (Wildman–Crippen LogP) is 3.61. The predicted molar refractivity (Wildman–Crippen MR) is 69.0 cm³/mol. The van der Waals surface area contributed by atoms with Gasteiger partial charge in [0.05, 0.1) is 3.57 Å². The molecule has 0 saturated heterocycles. The zero-order valence-corrected chi connectivity index (χ0v) is 11.7. The summed E-state index contributed by atoms with van der Waals surface area (Å²) in [4.78, 5) is 8.48. The van der Waals surface area contributed by atoms with Crippen LogP contribution in [0.3, 0.4) is 0 Å². The second kappa shape index (κ2) is 6.60. The molecule has 0 aliphatic carbocycles. The molecule has 3 nitrogen and oxygen atoms in total. The highest BCUT2D eigenvalue weighted by Crippen LogP contribution is 2.22. The molecule has 0 aliphatic heterocycles. The summed E-state index contributed by atoms with van der Waals surface area (Å²) in [5, 5.41) is 0.501. The minimum atomic E-state index is -0.0329. The van der Waals surface area contributed by atoms with Gasteiger partial charge in [0.25, 0.3) is 0 Å². The van der Waals surface area contributed by atoms with Crippen molar-refractivity contribution in [2.75, 3.05) is 6.61 Å². The third-order valence-electron chi connectivity index (χ3n) is 1.93. The van der Waals surface area contributed by atoms with Crippen molar-refractivity contribution in [1.29, 1.82) is 0 Å². The molecular weight excluding hydrogens is 326 g/mol. The highest BCUT2D eigenvalue weighted by atomic mass is 127. The van der Waals surface area contributed by atoms with Crippen LogP contribution in [0.5, 0.6) is 0 Å². The first-order chi connectivity index (χ1) is 7.19. The van der Waals surface area contributed by atoms with Crippen molar-refractivity contribution >= 4 is 34.2 Å². The van der Waals surface area contributed by atoms with E-state index in [-0.39, 0.29) is 6.10 Å². The molecule has 0 aromatic carbocycles. The fourth-order valence-electron chi connectivity index (χ4n) is 1.26. The summed E-state index contributed by atoms with van der Waals surface area (Å²) in [5.41, 5.74) is 0. The molecule has 0 N–H and O–H groups in total. The molecule has 1 rings (SSSR count). The number of hydrogen-bond donors (Lipinski definition) is 0. The lowest BCUT2D eigenvalue weighted by atomic mass is 10.2. The van der Waals surface area contributed by atoms with E-state index in [0.717, 1.165) is 16.4 Å². The first kappa shape index (κ1) is 13.1. The number of ether oxygens (including phenoxy) is 1. The number of nitrogens with zero attached hydrogens (tertiary/aromatic N) is 2. The van der Waals surface area contributed by atoms with Crippen molar-refractivity contribution in [3.63, 3.8) is 0 Å². The van der Waals surface area contributed by atoms with E-state index in [1.165, 1.54) is 0 Å². The zero-order valence-electron chi connectivity index (χ0n) is 8.83. The quantitative estimate of drug-likeness (QED) is 0.607. The highest BCUT2D eigenvalue weighted by Gasteiger charge is 2.14. The van der Waals surface area contributed by atoms with Crippen molar-refractivity contribution < 1.29 is 4.74 Å². The number of rotatable bonds is 5. The van der Waals surface area contributed by atoms with Gasteiger partial charge < -0.3 is 4.74 Å². The van der Waals surface area contributed by atoms with E-state index in [0.29, 0.717) is 17.6 Å². The van der Waals surface area contributed by atoms with Gasteiger partial charge in [0, 0.05) is 12.8 Å². The molecule has 0 aliphatic rings. The number of hydrogen-bond acceptors (Lipinski definition) is 3. The first-order valence-corrected chi connectivity index (χ1v) is 6.44. The highest BCUT2D eigenvalue weighted by molar-refractivity contribution is 14.1. The van der Waals surface area contributed by atoms with E-state index < -0.39 is 0 Å². The Balaban J connectivity index is 2.85. The molecule has 5 heteroatoms. The molecule has 0 saturated carbocycles. The Morgan fingerprint density at radius 2 is 2.27 bits per heavy atom. The molecule has 0 fully saturated rings. The van der Waals surface area contributed by atoms with Crippen LogP contribution in [-0.2, 0) is 4.74 Å². The summed E-state index contributed by atoms with van der Waals surface area (Å²) in [7, 11) is 0. The minimum Gasteiger partial charge on any atom is -0.371 e. The molecule has 1 heterocycles. The van der Waals surface area contributed by atoms with Crippen LogP contribution < -0.4 is 0 Å².